The summed E-state index contributed by atoms with van der Waals surface area (Å²) >= 11 is 7.29. The zero-order valence-electron chi connectivity index (χ0n) is 15.7. The molecule has 2 aromatic rings. The third kappa shape index (κ3) is 6.15. The van der Waals surface area contributed by atoms with Crippen molar-refractivity contribution in [2.75, 3.05) is 20.8 Å². The van der Waals surface area contributed by atoms with Crippen LogP contribution in [0.4, 0.5) is 0 Å². The number of hydrogen-bond acceptors (Lipinski definition) is 6. The summed E-state index contributed by atoms with van der Waals surface area (Å²) in [4.78, 5) is 26.8. The third-order valence-corrected chi connectivity index (χ3v) is 4.75. The summed E-state index contributed by atoms with van der Waals surface area (Å²) in [6.45, 7) is 3.85. The molecule has 0 atom stereocenters. The first kappa shape index (κ1) is 21.1. The van der Waals surface area contributed by atoms with Crippen molar-refractivity contribution < 1.29 is 23.8 Å². The summed E-state index contributed by atoms with van der Waals surface area (Å²) in [5.74, 6) is 0.0514. The molecule has 0 saturated carbocycles. The number of ether oxygens (including phenoxy) is 3. The van der Waals surface area contributed by atoms with Crippen LogP contribution in [0.15, 0.2) is 30.3 Å². The predicted molar refractivity (Wildman–Crippen MR) is 105 cm³/mol. The van der Waals surface area contributed by atoms with E-state index in [-0.39, 0.29) is 24.2 Å². The Balaban J connectivity index is 1.93. The highest BCUT2D eigenvalue weighted by molar-refractivity contribution is 7.16. The van der Waals surface area contributed by atoms with Crippen molar-refractivity contribution in [2.45, 2.75) is 26.5 Å². The van der Waals surface area contributed by atoms with Crippen LogP contribution in [-0.2, 0) is 16.1 Å². The van der Waals surface area contributed by atoms with Gasteiger partial charge in [-0.05, 0) is 44.2 Å². The fraction of sp³-hybridized carbons (Fsp3) is 0.368. The molecule has 27 heavy (non-hydrogen) atoms. The summed E-state index contributed by atoms with van der Waals surface area (Å²) < 4.78 is 16.7. The van der Waals surface area contributed by atoms with Crippen molar-refractivity contribution in [1.29, 1.82) is 0 Å². The number of carbonyl (C=O) groups excluding carboxylic acids is 2. The number of thiophene rings is 1. The molecule has 0 spiro atoms. The fourth-order valence-corrected chi connectivity index (χ4v) is 3.37. The number of halogens is 1. The topological polar surface area (TPSA) is 65.1 Å². The summed E-state index contributed by atoms with van der Waals surface area (Å²) in [7, 11) is 3.14. The van der Waals surface area contributed by atoms with Gasteiger partial charge in [-0.25, -0.2) is 4.79 Å². The molecule has 1 amide bonds. The van der Waals surface area contributed by atoms with Gasteiger partial charge in [0, 0.05) is 11.9 Å². The standard InChI is InChI=1S/C19H22ClNO5S/c1-12(2)26-15-7-5-13(9-16(15)24-4)19(23)25-11-18(22)21(3)10-14-6-8-17(20)27-14/h5-9,12H,10-11H2,1-4H3. The van der Waals surface area contributed by atoms with Crippen LogP contribution in [0.5, 0.6) is 11.5 Å². The van der Waals surface area contributed by atoms with Gasteiger partial charge in [0.1, 0.15) is 0 Å². The minimum absolute atomic E-state index is 0.0249. The van der Waals surface area contributed by atoms with Gasteiger partial charge in [0.25, 0.3) is 5.91 Å². The Hall–Kier alpha value is -2.25. The van der Waals surface area contributed by atoms with Crippen molar-refractivity contribution in [2.24, 2.45) is 0 Å². The molecule has 2 rings (SSSR count). The van der Waals surface area contributed by atoms with E-state index in [0.29, 0.717) is 22.4 Å². The number of esters is 1. The molecule has 6 nitrogen and oxygen atoms in total. The molecule has 0 saturated heterocycles. The van der Waals surface area contributed by atoms with Crippen molar-refractivity contribution in [3.8, 4) is 11.5 Å². The van der Waals surface area contributed by atoms with E-state index >= 15 is 0 Å². The Morgan fingerprint density at radius 2 is 1.93 bits per heavy atom. The zero-order valence-corrected chi connectivity index (χ0v) is 17.2. The molecular formula is C19H22ClNO5S. The average Bonchev–Trinajstić information content (AvgIpc) is 3.03. The maximum absolute atomic E-state index is 12.2. The SMILES string of the molecule is COc1cc(C(=O)OCC(=O)N(C)Cc2ccc(Cl)s2)ccc1OC(C)C. The molecule has 0 radical (unpaired) electrons. The Morgan fingerprint density at radius 1 is 1.19 bits per heavy atom. The Labute approximate surface area is 167 Å². The first-order chi connectivity index (χ1) is 12.8. The van der Waals surface area contributed by atoms with Crippen LogP contribution in [0.25, 0.3) is 0 Å². The molecule has 1 heterocycles. The molecule has 0 bridgehead atoms. The zero-order chi connectivity index (χ0) is 20.0. The fourth-order valence-electron chi connectivity index (χ4n) is 2.23. The maximum Gasteiger partial charge on any atom is 0.338 e. The van der Waals surface area contributed by atoms with Gasteiger partial charge < -0.3 is 19.1 Å². The van der Waals surface area contributed by atoms with E-state index in [0.717, 1.165) is 4.88 Å². The van der Waals surface area contributed by atoms with Crippen LogP contribution in [0, 0.1) is 0 Å². The maximum atomic E-state index is 12.2. The molecule has 8 heteroatoms. The number of methoxy groups -OCH3 is 1. The second-order valence-corrected chi connectivity index (χ2v) is 7.86. The molecular weight excluding hydrogens is 390 g/mol. The van der Waals surface area contributed by atoms with Crippen molar-refractivity contribution in [3.63, 3.8) is 0 Å². The Morgan fingerprint density at radius 3 is 2.52 bits per heavy atom. The number of hydrogen-bond donors (Lipinski definition) is 0. The molecule has 0 aliphatic heterocycles. The lowest BCUT2D eigenvalue weighted by Gasteiger charge is -2.16. The summed E-state index contributed by atoms with van der Waals surface area (Å²) in [5.41, 5.74) is 0.281. The second kappa shape index (κ2) is 9.62. The minimum atomic E-state index is -0.606. The third-order valence-electron chi connectivity index (χ3n) is 3.54. The lowest BCUT2D eigenvalue weighted by atomic mass is 10.2. The van der Waals surface area contributed by atoms with E-state index in [1.165, 1.54) is 29.4 Å². The van der Waals surface area contributed by atoms with Gasteiger partial charge in [-0.2, -0.15) is 0 Å². The van der Waals surface area contributed by atoms with Gasteiger partial charge in [-0.3, -0.25) is 4.79 Å². The first-order valence-corrected chi connectivity index (χ1v) is 9.49. The van der Waals surface area contributed by atoms with E-state index in [1.807, 2.05) is 19.9 Å². The molecule has 1 aromatic heterocycles. The molecule has 0 aliphatic rings. The monoisotopic (exact) mass is 411 g/mol. The average molecular weight is 412 g/mol. The number of benzene rings is 1. The summed E-state index contributed by atoms with van der Waals surface area (Å²) in [6, 6.07) is 8.38. The van der Waals surface area contributed by atoms with E-state index in [4.69, 9.17) is 25.8 Å². The van der Waals surface area contributed by atoms with Gasteiger partial charge >= 0.3 is 5.97 Å². The van der Waals surface area contributed by atoms with Crippen molar-refractivity contribution in [3.05, 3.63) is 45.1 Å². The van der Waals surface area contributed by atoms with Crippen LogP contribution in [0.2, 0.25) is 4.34 Å². The summed E-state index contributed by atoms with van der Waals surface area (Å²) in [5, 5.41) is 0. The first-order valence-electron chi connectivity index (χ1n) is 8.30. The number of carbonyl (C=O) groups is 2. The quantitative estimate of drug-likeness (QED) is 0.614. The van der Waals surface area contributed by atoms with E-state index in [1.54, 1.807) is 25.2 Å². The van der Waals surface area contributed by atoms with Gasteiger partial charge in [-0.15, -0.1) is 11.3 Å². The number of amides is 1. The largest absolute Gasteiger partial charge is 0.493 e. The normalized spacial score (nSPS) is 10.6. The predicted octanol–water partition coefficient (Wildman–Crippen LogP) is 4.01. The molecule has 0 aliphatic carbocycles. The molecule has 146 valence electrons. The van der Waals surface area contributed by atoms with Crippen LogP contribution in [-0.4, -0.2) is 43.6 Å². The van der Waals surface area contributed by atoms with Crippen LogP contribution in [0.1, 0.15) is 29.1 Å². The van der Waals surface area contributed by atoms with Crippen LogP contribution >= 0.6 is 22.9 Å². The smallest absolute Gasteiger partial charge is 0.338 e. The lowest BCUT2D eigenvalue weighted by Crippen LogP contribution is -2.30. The molecule has 0 unspecified atom stereocenters. The molecule has 1 aromatic carbocycles. The van der Waals surface area contributed by atoms with Gasteiger partial charge in [0.05, 0.1) is 29.7 Å². The highest BCUT2D eigenvalue weighted by Crippen LogP contribution is 2.29. The number of nitrogens with zero attached hydrogens (tertiary/aromatic N) is 1. The van der Waals surface area contributed by atoms with E-state index in [9.17, 15) is 9.59 Å². The summed E-state index contributed by atoms with van der Waals surface area (Å²) in [6.07, 6.45) is -0.0249. The van der Waals surface area contributed by atoms with Crippen molar-refractivity contribution >= 4 is 34.8 Å². The highest BCUT2D eigenvalue weighted by atomic mass is 35.5. The highest BCUT2D eigenvalue weighted by Gasteiger charge is 2.17. The van der Waals surface area contributed by atoms with Crippen LogP contribution in [0.3, 0.4) is 0 Å². The number of likely N-dealkylation sites (N-methyl/N-ethyl adjacent to an activating group) is 1. The van der Waals surface area contributed by atoms with Crippen molar-refractivity contribution in [1.82, 2.24) is 4.90 Å². The number of rotatable bonds is 8. The van der Waals surface area contributed by atoms with Gasteiger partial charge in [0.2, 0.25) is 0 Å². The Bertz CT molecular complexity index is 805. The molecule has 0 N–H and O–H groups in total. The van der Waals surface area contributed by atoms with E-state index < -0.39 is 5.97 Å². The van der Waals surface area contributed by atoms with E-state index in [2.05, 4.69) is 0 Å². The lowest BCUT2D eigenvalue weighted by molar-refractivity contribution is -0.133. The second-order valence-electron chi connectivity index (χ2n) is 6.06. The van der Waals surface area contributed by atoms with Gasteiger partial charge in [0.15, 0.2) is 18.1 Å². The van der Waals surface area contributed by atoms with Crippen LogP contribution < -0.4 is 9.47 Å². The minimum Gasteiger partial charge on any atom is -0.493 e. The Kier molecular flexibility index (Phi) is 7.50. The molecule has 0 fully saturated rings. The van der Waals surface area contributed by atoms with Gasteiger partial charge in [-0.1, -0.05) is 11.6 Å².